The number of hydrogen-bond acceptors (Lipinski definition) is 4. The molecule has 2 aliphatic rings. The molecule has 23 heavy (non-hydrogen) atoms. The van der Waals surface area contributed by atoms with Crippen molar-refractivity contribution in [2.24, 2.45) is 0 Å². The van der Waals surface area contributed by atoms with Crippen molar-refractivity contribution in [2.45, 2.75) is 64.0 Å². The second-order valence-electron chi connectivity index (χ2n) is 6.76. The van der Waals surface area contributed by atoms with Gasteiger partial charge in [0.05, 0.1) is 5.01 Å². The van der Waals surface area contributed by atoms with E-state index in [1.165, 1.54) is 30.6 Å². The Morgan fingerprint density at radius 2 is 2.04 bits per heavy atom. The number of aryl methyl sites for hydroxylation is 1. The molecule has 0 aromatic carbocycles. The van der Waals surface area contributed by atoms with Gasteiger partial charge in [-0.05, 0) is 32.6 Å². The summed E-state index contributed by atoms with van der Waals surface area (Å²) in [5.41, 5.74) is 0. The number of likely N-dealkylation sites (tertiary alicyclic amines) is 1. The van der Waals surface area contributed by atoms with Crippen LogP contribution in [0.1, 0.15) is 48.4 Å². The van der Waals surface area contributed by atoms with Gasteiger partial charge in [0.15, 0.2) is 0 Å². The van der Waals surface area contributed by atoms with Crippen molar-refractivity contribution >= 4 is 17.4 Å². The molecule has 2 fully saturated rings. The Morgan fingerprint density at radius 3 is 2.70 bits per heavy atom. The molecule has 1 aliphatic carbocycles. The van der Waals surface area contributed by atoms with Gasteiger partial charge in [-0.15, -0.1) is 11.3 Å². The Morgan fingerprint density at radius 1 is 1.30 bits per heavy atom. The third-order valence-electron chi connectivity index (χ3n) is 5.00. The summed E-state index contributed by atoms with van der Waals surface area (Å²) in [6.07, 6.45) is 10.4. The summed E-state index contributed by atoms with van der Waals surface area (Å²) >= 11 is 1.70. The van der Waals surface area contributed by atoms with E-state index >= 15 is 0 Å². The van der Waals surface area contributed by atoms with Gasteiger partial charge in [0.25, 0.3) is 0 Å². The Kier molecular flexibility index (Phi) is 5.89. The molecule has 0 bridgehead atoms. The second-order valence-corrected chi connectivity index (χ2v) is 8.08. The fourth-order valence-corrected chi connectivity index (χ4v) is 4.50. The summed E-state index contributed by atoms with van der Waals surface area (Å²) < 4.78 is 0. The minimum Gasteiger partial charge on any atom is -0.338 e. The standard InChI is InChI=1S/C17H28N4OS/c1-13-12-19-16(23-13)6-9-18-17(22)20-14-7-10-21(11-8-14)15-4-2-3-5-15/h12,14-15H,2-11H2,1H3,(H2,18,20,22). The van der Waals surface area contributed by atoms with Gasteiger partial charge in [-0.25, -0.2) is 9.78 Å². The van der Waals surface area contributed by atoms with E-state index in [1.54, 1.807) is 11.3 Å². The molecule has 1 saturated carbocycles. The van der Waals surface area contributed by atoms with Crippen LogP contribution in [-0.2, 0) is 6.42 Å². The van der Waals surface area contributed by atoms with Crippen molar-refractivity contribution < 1.29 is 4.79 Å². The highest BCUT2D eigenvalue weighted by molar-refractivity contribution is 7.11. The first-order chi connectivity index (χ1) is 11.2. The van der Waals surface area contributed by atoms with E-state index in [0.717, 1.165) is 43.4 Å². The quantitative estimate of drug-likeness (QED) is 0.869. The maximum absolute atomic E-state index is 12.0. The zero-order valence-electron chi connectivity index (χ0n) is 14.0. The SMILES string of the molecule is Cc1cnc(CCNC(=O)NC2CCN(C3CCCC3)CC2)s1. The number of thiazole rings is 1. The molecule has 2 N–H and O–H groups in total. The van der Waals surface area contributed by atoms with E-state index in [0.29, 0.717) is 12.6 Å². The molecule has 6 heteroatoms. The molecule has 5 nitrogen and oxygen atoms in total. The van der Waals surface area contributed by atoms with Crippen molar-refractivity contribution in [3.8, 4) is 0 Å². The summed E-state index contributed by atoms with van der Waals surface area (Å²) in [7, 11) is 0. The van der Waals surface area contributed by atoms with E-state index in [4.69, 9.17) is 0 Å². The highest BCUT2D eigenvalue weighted by atomic mass is 32.1. The first-order valence-corrected chi connectivity index (χ1v) is 9.72. The Hall–Kier alpha value is -1.14. The largest absolute Gasteiger partial charge is 0.338 e. The average Bonchev–Trinajstić information content (AvgIpc) is 3.20. The zero-order valence-corrected chi connectivity index (χ0v) is 14.8. The zero-order chi connectivity index (χ0) is 16.1. The monoisotopic (exact) mass is 336 g/mol. The molecule has 0 radical (unpaired) electrons. The average molecular weight is 337 g/mol. The number of nitrogens with one attached hydrogen (secondary N) is 2. The number of hydrogen-bond donors (Lipinski definition) is 2. The summed E-state index contributed by atoms with van der Waals surface area (Å²) in [6.45, 7) is 4.97. The van der Waals surface area contributed by atoms with Crippen LogP contribution >= 0.6 is 11.3 Å². The molecule has 2 heterocycles. The van der Waals surface area contributed by atoms with Gasteiger partial charge < -0.3 is 15.5 Å². The number of amides is 2. The van der Waals surface area contributed by atoms with Gasteiger partial charge in [0.2, 0.25) is 0 Å². The minimum atomic E-state index is -0.0300. The predicted molar refractivity (Wildman–Crippen MR) is 93.9 cm³/mol. The third-order valence-corrected chi connectivity index (χ3v) is 5.97. The number of piperidine rings is 1. The number of urea groups is 1. The van der Waals surface area contributed by atoms with Gasteiger partial charge >= 0.3 is 6.03 Å². The molecule has 1 aromatic heterocycles. The fraction of sp³-hybridized carbons (Fsp3) is 0.765. The van der Waals surface area contributed by atoms with Gasteiger partial charge in [0.1, 0.15) is 0 Å². The second kappa shape index (κ2) is 8.11. The van der Waals surface area contributed by atoms with Crippen LogP contribution in [0, 0.1) is 6.92 Å². The third kappa shape index (κ3) is 4.91. The minimum absolute atomic E-state index is 0.0300. The van der Waals surface area contributed by atoms with Crippen LogP contribution in [0.15, 0.2) is 6.20 Å². The predicted octanol–water partition coefficient (Wildman–Crippen LogP) is 2.70. The maximum Gasteiger partial charge on any atom is 0.315 e. The lowest BCUT2D eigenvalue weighted by molar-refractivity contribution is 0.146. The Bertz CT molecular complexity index is 504. The van der Waals surface area contributed by atoms with Crippen molar-refractivity contribution in [1.29, 1.82) is 0 Å². The van der Waals surface area contributed by atoms with Crippen molar-refractivity contribution in [3.63, 3.8) is 0 Å². The number of rotatable bonds is 5. The van der Waals surface area contributed by atoms with Gasteiger partial charge in [-0.3, -0.25) is 0 Å². The first-order valence-electron chi connectivity index (χ1n) is 8.90. The summed E-state index contributed by atoms with van der Waals surface area (Å²) in [5, 5.41) is 7.18. The molecule has 1 saturated heterocycles. The lowest BCUT2D eigenvalue weighted by Crippen LogP contribution is -2.49. The number of carbonyl (C=O) groups excluding carboxylic acids is 1. The van der Waals surface area contributed by atoms with Crippen LogP contribution in [-0.4, -0.2) is 47.6 Å². The van der Waals surface area contributed by atoms with Crippen LogP contribution in [0.2, 0.25) is 0 Å². The van der Waals surface area contributed by atoms with Crippen LogP contribution in [0.5, 0.6) is 0 Å². The van der Waals surface area contributed by atoms with Crippen LogP contribution in [0.4, 0.5) is 4.79 Å². The lowest BCUT2D eigenvalue weighted by Gasteiger charge is -2.36. The van der Waals surface area contributed by atoms with Gasteiger partial charge in [-0.2, -0.15) is 0 Å². The molecule has 1 aromatic rings. The molecule has 0 unspecified atom stereocenters. The fourth-order valence-electron chi connectivity index (χ4n) is 3.71. The topological polar surface area (TPSA) is 57.3 Å². The number of nitrogens with zero attached hydrogens (tertiary/aromatic N) is 2. The van der Waals surface area contributed by atoms with Crippen molar-refractivity contribution in [3.05, 3.63) is 16.1 Å². The molecule has 2 amide bonds. The first kappa shape index (κ1) is 16.7. The van der Waals surface area contributed by atoms with E-state index < -0.39 is 0 Å². The molecule has 0 spiro atoms. The molecule has 3 rings (SSSR count). The van der Waals surface area contributed by atoms with Crippen molar-refractivity contribution in [1.82, 2.24) is 20.5 Å². The van der Waals surface area contributed by atoms with E-state index in [1.807, 2.05) is 6.20 Å². The van der Waals surface area contributed by atoms with Crippen LogP contribution in [0.3, 0.4) is 0 Å². The summed E-state index contributed by atoms with van der Waals surface area (Å²) in [4.78, 5) is 20.2. The maximum atomic E-state index is 12.0. The van der Waals surface area contributed by atoms with Crippen molar-refractivity contribution in [2.75, 3.05) is 19.6 Å². The summed E-state index contributed by atoms with van der Waals surface area (Å²) in [5.74, 6) is 0. The highest BCUT2D eigenvalue weighted by Crippen LogP contribution is 2.26. The highest BCUT2D eigenvalue weighted by Gasteiger charge is 2.27. The lowest BCUT2D eigenvalue weighted by atomic mass is 10.0. The number of aromatic nitrogens is 1. The summed E-state index contributed by atoms with van der Waals surface area (Å²) in [6, 6.07) is 1.11. The van der Waals surface area contributed by atoms with Crippen LogP contribution < -0.4 is 10.6 Å². The molecular formula is C17H28N4OS. The van der Waals surface area contributed by atoms with Crippen LogP contribution in [0.25, 0.3) is 0 Å². The smallest absolute Gasteiger partial charge is 0.315 e. The normalized spacial score (nSPS) is 20.7. The van der Waals surface area contributed by atoms with E-state index in [2.05, 4.69) is 27.4 Å². The van der Waals surface area contributed by atoms with E-state index in [9.17, 15) is 4.79 Å². The molecule has 128 valence electrons. The van der Waals surface area contributed by atoms with Gasteiger partial charge in [0, 0.05) is 49.2 Å². The Labute approximate surface area is 142 Å². The Balaban J connectivity index is 1.31. The van der Waals surface area contributed by atoms with E-state index in [-0.39, 0.29) is 6.03 Å². The number of carbonyl (C=O) groups is 1. The van der Waals surface area contributed by atoms with Gasteiger partial charge in [-0.1, -0.05) is 12.8 Å². The molecular weight excluding hydrogens is 308 g/mol. The molecule has 0 atom stereocenters. The molecule has 1 aliphatic heterocycles.